The number of aliphatic carboxylic acids is 1. The summed E-state index contributed by atoms with van der Waals surface area (Å²) >= 11 is 0. The van der Waals surface area contributed by atoms with Crippen molar-refractivity contribution < 1.29 is 38.2 Å². The lowest BCUT2D eigenvalue weighted by Gasteiger charge is -2.31. The van der Waals surface area contributed by atoms with Gasteiger partial charge in [-0.05, 0) is 77.0 Å². The number of likely N-dealkylation sites (N-methyl/N-ethyl adjacent to an activating group) is 1. The molecule has 0 heterocycles. The molecule has 69 heavy (non-hydrogen) atoms. The summed E-state index contributed by atoms with van der Waals surface area (Å²) in [6.45, 7) is 4.65. The van der Waals surface area contributed by atoms with Crippen molar-refractivity contribution in [1.29, 1.82) is 0 Å². The molecule has 8 heteroatoms. The lowest BCUT2D eigenvalue weighted by molar-refractivity contribution is -0.887. The van der Waals surface area contributed by atoms with Crippen molar-refractivity contribution in [2.75, 3.05) is 41.0 Å². The average Bonchev–Trinajstić information content (AvgIpc) is 3.31. The van der Waals surface area contributed by atoms with Crippen LogP contribution in [0.15, 0.2) is 60.8 Å². The fraction of sp³-hybridized carbons (Fsp3) is 0.787. The summed E-state index contributed by atoms with van der Waals surface area (Å²) in [7, 11) is 5.54. The van der Waals surface area contributed by atoms with Gasteiger partial charge in [-0.3, -0.25) is 9.59 Å². The first-order valence-corrected chi connectivity index (χ1v) is 28.8. The highest BCUT2D eigenvalue weighted by Crippen LogP contribution is 2.16. The zero-order valence-corrected chi connectivity index (χ0v) is 45.8. The van der Waals surface area contributed by atoms with E-state index in [0.29, 0.717) is 19.3 Å². The third kappa shape index (κ3) is 49.8. The number of rotatable bonds is 52. The Labute approximate surface area is 426 Å². The van der Waals surface area contributed by atoms with Crippen molar-refractivity contribution in [2.45, 2.75) is 270 Å². The monoisotopic (exact) mass is 969 g/mol. The zero-order valence-electron chi connectivity index (χ0n) is 45.8. The molecule has 0 radical (unpaired) electrons. The normalized spacial score (nSPS) is 13.2. The summed E-state index contributed by atoms with van der Waals surface area (Å²) in [4.78, 5) is 37.3. The molecule has 0 rings (SSSR count). The third-order valence-electron chi connectivity index (χ3n) is 12.9. The van der Waals surface area contributed by atoms with Crippen LogP contribution in [0.5, 0.6) is 0 Å². The number of carbonyl (C=O) groups excluding carboxylic acids is 2. The Bertz CT molecular complexity index is 1310. The Morgan fingerprint density at radius 3 is 1.22 bits per heavy atom. The molecule has 0 amide bonds. The van der Waals surface area contributed by atoms with Gasteiger partial charge in [0.15, 0.2) is 12.1 Å². The largest absolute Gasteiger partial charge is 0.477 e. The molecule has 2 unspecified atom stereocenters. The van der Waals surface area contributed by atoms with E-state index in [9.17, 15) is 19.5 Å². The van der Waals surface area contributed by atoms with Crippen LogP contribution in [0.2, 0.25) is 0 Å². The van der Waals surface area contributed by atoms with E-state index >= 15 is 0 Å². The summed E-state index contributed by atoms with van der Waals surface area (Å²) in [6, 6.07) is -0.619. The van der Waals surface area contributed by atoms with Gasteiger partial charge in [0, 0.05) is 19.3 Å². The van der Waals surface area contributed by atoms with Gasteiger partial charge in [-0.25, -0.2) is 4.79 Å². The van der Waals surface area contributed by atoms with Gasteiger partial charge < -0.3 is 23.8 Å². The third-order valence-corrected chi connectivity index (χ3v) is 12.9. The molecule has 0 aliphatic carbocycles. The Hall–Kier alpha value is -2.97. The predicted octanol–water partition coefficient (Wildman–Crippen LogP) is 17.3. The van der Waals surface area contributed by atoms with Gasteiger partial charge in [0.1, 0.15) is 6.61 Å². The molecule has 8 nitrogen and oxygen atoms in total. The number of quaternary nitrogens is 1. The van der Waals surface area contributed by atoms with Crippen LogP contribution in [0.1, 0.15) is 258 Å². The topological polar surface area (TPSA) is 99.1 Å². The van der Waals surface area contributed by atoms with E-state index < -0.39 is 18.1 Å². The summed E-state index contributed by atoms with van der Waals surface area (Å²) in [5.41, 5.74) is 0. The van der Waals surface area contributed by atoms with E-state index in [1.807, 2.05) is 21.1 Å². The predicted molar refractivity (Wildman–Crippen MR) is 294 cm³/mol. The number of esters is 2. The molecule has 0 spiro atoms. The summed E-state index contributed by atoms with van der Waals surface area (Å²) in [6.07, 6.45) is 65.7. The Morgan fingerprint density at radius 1 is 0.449 bits per heavy atom. The van der Waals surface area contributed by atoms with Crippen molar-refractivity contribution in [1.82, 2.24) is 0 Å². The maximum atomic E-state index is 12.8. The number of unbranched alkanes of at least 4 members (excludes halogenated alkanes) is 28. The van der Waals surface area contributed by atoms with Crippen molar-refractivity contribution >= 4 is 17.9 Å². The second kappa shape index (κ2) is 51.4. The molecule has 1 N–H and O–H groups in total. The van der Waals surface area contributed by atoms with E-state index in [0.717, 1.165) is 70.6 Å². The highest BCUT2D eigenvalue weighted by atomic mass is 16.6. The number of hydrogen-bond acceptors (Lipinski definition) is 6. The molecule has 2 atom stereocenters. The number of carboxylic acid groups (broad SMARTS) is 1. The first kappa shape index (κ1) is 66.0. The van der Waals surface area contributed by atoms with Crippen LogP contribution in [0.4, 0.5) is 0 Å². The van der Waals surface area contributed by atoms with Crippen LogP contribution in [0.3, 0.4) is 0 Å². The van der Waals surface area contributed by atoms with Crippen LogP contribution >= 0.6 is 0 Å². The molecule has 0 aliphatic heterocycles. The fourth-order valence-corrected chi connectivity index (χ4v) is 8.49. The van der Waals surface area contributed by atoms with Crippen molar-refractivity contribution in [3.05, 3.63) is 60.8 Å². The molecule has 0 aromatic rings. The average molecular weight is 970 g/mol. The Kier molecular flexibility index (Phi) is 49.2. The first-order valence-electron chi connectivity index (χ1n) is 28.8. The quantitative estimate of drug-likeness (QED) is 0.0280. The number of allylic oxidation sites excluding steroid dienone is 10. The highest BCUT2D eigenvalue weighted by molar-refractivity contribution is 5.72. The van der Waals surface area contributed by atoms with Gasteiger partial charge in [-0.15, -0.1) is 0 Å². The van der Waals surface area contributed by atoms with E-state index in [1.165, 1.54) is 154 Å². The lowest BCUT2D eigenvalue weighted by atomic mass is 10.0. The van der Waals surface area contributed by atoms with Gasteiger partial charge in [0.25, 0.3) is 0 Å². The molecule has 0 saturated carbocycles. The first-order chi connectivity index (χ1) is 33.6. The minimum atomic E-state index is -0.875. The molecule has 0 bridgehead atoms. The van der Waals surface area contributed by atoms with E-state index in [4.69, 9.17) is 14.2 Å². The maximum absolute atomic E-state index is 12.8. The standard InChI is InChI=1S/C61H109NO7/c1-6-8-10-12-14-16-18-20-22-24-26-28-30-32-33-35-37-39-41-43-45-47-49-51-59(63)68-56-57(55-67-54-53-58(61(65)66)62(3,4)5)69-60(64)52-50-48-46-44-42-40-38-36-34-31-29-27-25-23-21-19-17-15-13-11-9-7-2/h9,11,15,17,21,23,27,29,32-33,57-58H,6-8,10,12-14,16,18-20,22,24-26,28,30-31,34-56H2,1-5H3/p+1/b11-9+,17-15+,23-21+,29-27+,33-32+. The molecule has 0 aliphatic rings. The second-order valence-corrected chi connectivity index (χ2v) is 20.5. The van der Waals surface area contributed by atoms with Gasteiger partial charge in [0.05, 0.1) is 34.4 Å². The molecular weight excluding hydrogens is 859 g/mol. The van der Waals surface area contributed by atoms with Crippen LogP contribution in [0, 0.1) is 0 Å². The summed E-state index contributed by atoms with van der Waals surface area (Å²) in [5.74, 6) is -1.47. The van der Waals surface area contributed by atoms with Crippen LogP contribution < -0.4 is 0 Å². The minimum absolute atomic E-state index is 0.0560. The number of carbonyl (C=O) groups is 3. The van der Waals surface area contributed by atoms with Gasteiger partial charge in [-0.1, -0.05) is 222 Å². The molecule has 0 aromatic carbocycles. The summed E-state index contributed by atoms with van der Waals surface area (Å²) < 4.78 is 17.4. The molecular formula is C61H110NO7+. The number of carboxylic acids is 1. The maximum Gasteiger partial charge on any atom is 0.362 e. The minimum Gasteiger partial charge on any atom is -0.477 e. The van der Waals surface area contributed by atoms with E-state index in [1.54, 1.807) is 0 Å². The van der Waals surface area contributed by atoms with Crippen molar-refractivity contribution in [3.63, 3.8) is 0 Å². The molecule has 0 fully saturated rings. The fourth-order valence-electron chi connectivity index (χ4n) is 8.49. The van der Waals surface area contributed by atoms with E-state index in [-0.39, 0.29) is 36.2 Å². The Morgan fingerprint density at radius 2 is 0.812 bits per heavy atom. The summed E-state index contributed by atoms with van der Waals surface area (Å²) in [5, 5.41) is 9.68. The van der Waals surface area contributed by atoms with Crippen LogP contribution in [-0.2, 0) is 28.6 Å². The number of nitrogens with zero attached hydrogens (tertiary/aromatic N) is 1. The van der Waals surface area contributed by atoms with Crippen LogP contribution in [0.25, 0.3) is 0 Å². The zero-order chi connectivity index (χ0) is 50.6. The molecule has 0 aromatic heterocycles. The smallest absolute Gasteiger partial charge is 0.362 e. The lowest BCUT2D eigenvalue weighted by Crippen LogP contribution is -2.50. The van der Waals surface area contributed by atoms with Crippen molar-refractivity contribution in [3.8, 4) is 0 Å². The van der Waals surface area contributed by atoms with Gasteiger partial charge >= 0.3 is 17.9 Å². The van der Waals surface area contributed by atoms with Gasteiger partial charge in [-0.2, -0.15) is 0 Å². The Balaban J connectivity index is 4.18. The number of hydrogen-bond donors (Lipinski definition) is 1. The van der Waals surface area contributed by atoms with Crippen molar-refractivity contribution in [2.24, 2.45) is 0 Å². The van der Waals surface area contributed by atoms with Crippen LogP contribution in [-0.4, -0.2) is 80.6 Å². The highest BCUT2D eigenvalue weighted by Gasteiger charge is 2.31. The SMILES string of the molecule is CC/C=C/C/C=C/C/C=C/C/C=C/CCCCCCCCCCCC(=O)OC(COCCC(C(=O)O)[N+](C)(C)C)COC(=O)CCCCCCCCC/C=C/CCCCCCCCCCCCCC. The molecule has 0 saturated heterocycles. The van der Waals surface area contributed by atoms with Gasteiger partial charge in [0.2, 0.25) is 0 Å². The second-order valence-electron chi connectivity index (χ2n) is 20.5. The number of ether oxygens (including phenoxy) is 3. The molecule has 400 valence electrons. The van der Waals surface area contributed by atoms with E-state index in [2.05, 4.69) is 74.6 Å².